The summed E-state index contributed by atoms with van der Waals surface area (Å²) in [5.74, 6) is 0.0778. The maximum Gasteiger partial charge on any atom is 0.226 e. The average Bonchev–Trinajstić information content (AvgIpc) is 2.70. The van der Waals surface area contributed by atoms with E-state index in [1.807, 2.05) is 18.3 Å². The van der Waals surface area contributed by atoms with Crippen LogP contribution >= 0.6 is 0 Å². The summed E-state index contributed by atoms with van der Waals surface area (Å²) in [6.07, 6.45) is 2.98. The molecule has 0 aromatic carbocycles. The van der Waals surface area contributed by atoms with Gasteiger partial charge in [-0.3, -0.25) is 4.90 Å². The molecular formula is C21H26FN4O3. The molecule has 0 amide bonds. The molecule has 7 nitrogen and oxygen atoms in total. The van der Waals surface area contributed by atoms with E-state index in [1.165, 1.54) is 0 Å². The van der Waals surface area contributed by atoms with Crippen molar-refractivity contribution in [2.24, 2.45) is 0 Å². The molecule has 3 aliphatic heterocycles. The van der Waals surface area contributed by atoms with Gasteiger partial charge in [0.2, 0.25) is 17.7 Å². The van der Waals surface area contributed by atoms with Crippen molar-refractivity contribution in [1.82, 2.24) is 14.9 Å². The number of pyridine rings is 2. The van der Waals surface area contributed by atoms with Crippen LogP contribution in [-0.4, -0.2) is 64.5 Å². The molecule has 2 unspecified atom stereocenters. The van der Waals surface area contributed by atoms with Crippen LogP contribution in [0.15, 0.2) is 24.4 Å². The summed E-state index contributed by atoms with van der Waals surface area (Å²) in [6, 6.07) is 9.11. The number of methoxy groups -OCH3 is 1. The Kier molecular flexibility index (Phi) is 5.31. The van der Waals surface area contributed by atoms with Crippen molar-refractivity contribution >= 4 is 5.69 Å². The van der Waals surface area contributed by atoms with Gasteiger partial charge in [-0.2, -0.15) is 9.37 Å². The summed E-state index contributed by atoms with van der Waals surface area (Å²) < 4.78 is 24.6. The smallest absolute Gasteiger partial charge is 0.226 e. The van der Waals surface area contributed by atoms with Gasteiger partial charge in [-0.15, -0.1) is 0 Å². The quantitative estimate of drug-likeness (QED) is 0.712. The summed E-state index contributed by atoms with van der Waals surface area (Å²) in [4.78, 5) is 12.6. The van der Waals surface area contributed by atoms with Gasteiger partial charge in [-0.05, 0) is 25.8 Å². The number of hydrogen-bond donors (Lipinski definition) is 1. The molecular weight excluding hydrogens is 375 g/mol. The van der Waals surface area contributed by atoms with Gasteiger partial charge < -0.3 is 19.5 Å². The van der Waals surface area contributed by atoms with E-state index >= 15 is 0 Å². The second-order valence-corrected chi connectivity index (χ2v) is 8.33. The molecule has 5 heterocycles. The molecule has 2 aromatic heterocycles. The zero-order valence-corrected chi connectivity index (χ0v) is 16.9. The van der Waals surface area contributed by atoms with Crippen LogP contribution in [-0.2, 0) is 6.54 Å². The van der Waals surface area contributed by atoms with E-state index in [9.17, 15) is 9.50 Å². The number of piperidine rings is 1. The zero-order valence-electron chi connectivity index (χ0n) is 16.9. The summed E-state index contributed by atoms with van der Waals surface area (Å²) in [6.45, 7) is 5.73. The number of halogens is 1. The lowest BCUT2D eigenvalue weighted by Gasteiger charge is -2.57. The van der Waals surface area contributed by atoms with Gasteiger partial charge in [0.25, 0.3) is 0 Å². The Morgan fingerprint density at radius 3 is 2.66 bits per heavy atom. The van der Waals surface area contributed by atoms with Crippen LogP contribution < -0.4 is 14.4 Å². The number of hydrogen-bond acceptors (Lipinski definition) is 7. The number of aliphatic hydroxyl groups is 1. The lowest BCUT2D eigenvalue weighted by Crippen LogP contribution is -2.68. The highest BCUT2D eigenvalue weighted by Crippen LogP contribution is 2.36. The molecule has 5 rings (SSSR count). The van der Waals surface area contributed by atoms with E-state index in [0.29, 0.717) is 23.7 Å². The van der Waals surface area contributed by atoms with Crippen LogP contribution in [0.3, 0.4) is 0 Å². The normalized spacial score (nSPS) is 21.6. The van der Waals surface area contributed by atoms with Crippen LogP contribution in [0.1, 0.15) is 25.8 Å². The molecule has 1 N–H and O–H groups in total. The van der Waals surface area contributed by atoms with Gasteiger partial charge in [0, 0.05) is 50.0 Å². The fourth-order valence-electron chi connectivity index (χ4n) is 3.89. The maximum atomic E-state index is 14.0. The number of anilines is 1. The van der Waals surface area contributed by atoms with Crippen molar-refractivity contribution in [3.8, 4) is 11.8 Å². The molecule has 3 fully saturated rings. The Balaban J connectivity index is 1.39. The first-order chi connectivity index (χ1) is 13.8. The number of fused-ring (bicyclic) bond motifs is 2. The Morgan fingerprint density at radius 2 is 2.03 bits per heavy atom. The van der Waals surface area contributed by atoms with Gasteiger partial charge in [0.1, 0.15) is 6.61 Å². The fraction of sp³-hybridized carbons (Fsp3) is 0.524. The van der Waals surface area contributed by atoms with Gasteiger partial charge in [-0.25, -0.2) is 4.98 Å². The van der Waals surface area contributed by atoms with Crippen molar-refractivity contribution in [1.29, 1.82) is 0 Å². The van der Waals surface area contributed by atoms with Gasteiger partial charge in [-0.1, -0.05) is 6.07 Å². The van der Waals surface area contributed by atoms with E-state index in [4.69, 9.17) is 9.47 Å². The molecule has 0 saturated carbocycles. The van der Waals surface area contributed by atoms with E-state index in [1.54, 1.807) is 27.0 Å². The van der Waals surface area contributed by atoms with E-state index < -0.39 is 11.5 Å². The predicted molar refractivity (Wildman–Crippen MR) is 106 cm³/mol. The van der Waals surface area contributed by atoms with E-state index in [-0.39, 0.29) is 12.5 Å². The minimum Gasteiger partial charge on any atom is -0.481 e. The molecule has 2 aromatic rings. The van der Waals surface area contributed by atoms with Crippen LogP contribution in [0, 0.1) is 12.0 Å². The summed E-state index contributed by atoms with van der Waals surface area (Å²) >= 11 is 0. The van der Waals surface area contributed by atoms with Gasteiger partial charge in [0.05, 0.1) is 24.5 Å². The minimum absolute atomic E-state index is 0.0395. The van der Waals surface area contributed by atoms with Crippen molar-refractivity contribution in [3.63, 3.8) is 0 Å². The van der Waals surface area contributed by atoms with Gasteiger partial charge in [0.15, 0.2) is 0 Å². The Morgan fingerprint density at radius 1 is 1.28 bits per heavy atom. The second kappa shape index (κ2) is 7.76. The second-order valence-electron chi connectivity index (χ2n) is 8.33. The highest BCUT2D eigenvalue weighted by Gasteiger charge is 2.44. The molecule has 3 aliphatic rings. The largest absolute Gasteiger partial charge is 0.481 e. The Bertz CT molecular complexity index is 844. The first-order valence-electron chi connectivity index (χ1n) is 9.75. The van der Waals surface area contributed by atoms with Crippen LogP contribution in [0.25, 0.3) is 0 Å². The molecule has 155 valence electrons. The fourth-order valence-corrected chi connectivity index (χ4v) is 3.89. The number of ether oxygens (including phenoxy) is 2. The van der Waals surface area contributed by atoms with Crippen LogP contribution in [0.2, 0.25) is 0 Å². The Labute approximate surface area is 170 Å². The number of piperazine rings is 1. The number of rotatable bonds is 7. The molecule has 3 saturated heterocycles. The molecule has 2 bridgehead atoms. The highest BCUT2D eigenvalue weighted by molar-refractivity contribution is 5.49. The third-order valence-electron chi connectivity index (χ3n) is 5.33. The topological polar surface area (TPSA) is 71.0 Å². The van der Waals surface area contributed by atoms with E-state index in [2.05, 4.69) is 25.8 Å². The SMILES string of the molecule is COc1ccc(CN2C3CC2CN(c2[c]c(F)nc(OCC(C)(C)O)c2)C3)cn1. The van der Waals surface area contributed by atoms with Crippen molar-refractivity contribution in [3.05, 3.63) is 42.0 Å². The molecule has 0 aliphatic carbocycles. The standard InChI is InChI=1S/C21H26FN4O3/c1-21(2,27)13-29-20-8-15(7-18(22)24-20)25-11-16-6-17(12-25)26(16)10-14-4-5-19(28-3)23-9-14/h4-5,8-9,16-17,27H,6,10-13H2,1-3H3. The third kappa shape index (κ3) is 4.59. The summed E-state index contributed by atoms with van der Waals surface area (Å²) in [7, 11) is 1.61. The lowest BCUT2D eigenvalue weighted by molar-refractivity contribution is -0.00859. The first-order valence-corrected chi connectivity index (χ1v) is 9.75. The molecule has 8 heteroatoms. The Hall–Kier alpha value is -2.45. The molecule has 2 atom stereocenters. The minimum atomic E-state index is -1.01. The predicted octanol–water partition coefficient (Wildman–Crippen LogP) is 2.04. The van der Waals surface area contributed by atoms with Crippen molar-refractivity contribution in [2.75, 3.05) is 31.7 Å². The molecule has 0 spiro atoms. The third-order valence-corrected chi connectivity index (χ3v) is 5.33. The monoisotopic (exact) mass is 401 g/mol. The molecule has 29 heavy (non-hydrogen) atoms. The number of nitrogens with zero attached hydrogens (tertiary/aromatic N) is 4. The van der Waals surface area contributed by atoms with Crippen LogP contribution in [0.4, 0.5) is 10.1 Å². The summed E-state index contributed by atoms with van der Waals surface area (Å²) in [5.41, 5.74) is 0.781. The maximum absolute atomic E-state index is 14.0. The highest BCUT2D eigenvalue weighted by atomic mass is 19.1. The van der Waals surface area contributed by atoms with Crippen molar-refractivity contribution < 1.29 is 19.0 Å². The van der Waals surface area contributed by atoms with Crippen molar-refractivity contribution in [2.45, 2.75) is 44.5 Å². The molecule has 1 radical (unpaired) electrons. The zero-order chi connectivity index (χ0) is 20.6. The first kappa shape index (κ1) is 19.8. The summed E-state index contributed by atoms with van der Waals surface area (Å²) in [5, 5.41) is 9.80. The van der Waals surface area contributed by atoms with Gasteiger partial charge >= 0.3 is 0 Å². The lowest BCUT2D eigenvalue weighted by atomic mass is 9.86. The number of aromatic nitrogens is 2. The van der Waals surface area contributed by atoms with Crippen LogP contribution in [0.5, 0.6) is 11.8 Å². The average molecular weight is 401 g/mol. The van der Waals surface area contributed by atoms with E-state index in [0.717, 1.165) is 31.6 Å².